The SMILES string of the molecule is COc1cc(/C=C/C(=O)c2ccc(Cl)cc2)ccc1O.O. The van der Waals surface area contributed by atoms with Crippen LogP contribution in [0.1, 0.15) is 15.9 Å². The minimum absolute atomic E-state index is 0. The quantitative estimate of drug-likeness (QED) is 0.696. The highest BCUT2D eigenvalue weighted by atomic mass is 35.5. The number of ketones is 1. The number of carbonyl (C=O) groups is 1. The van der Waals surface area contributed by atoms with E-state index in [1.165, 1.54) is 19.3 Å². The van der Waals surface area contributed by atoms with Crippen LogP contribution in [-0.2, 0) is 0 Å². The number of allylic oxidation sites excluding steroid dienone is 1. The summed E-state index contributed by atoms with van der Waals surface area (Å²) in [6.07, 6.45) is 3.13. The molecule has 0 radical (unpaired) electrons. The van der Waals surface area contributed by atoms with Crippen LogP contribution in [0.15, 0.2) is 48.5 Å². The highest BCUT2D eigenvalue weighted by molar-refractivity contribution is 6.30. The molecule has 0 saturated carbocycles. The molecule has 2 aromatic rings. The van der Waals surface area contributed by atoms with E-state index in [-0.39, 0.29) is 17.0 Å². The molecule has 110 valence electrons. The van der Waals surface area contributed by atoms with Crippen LogP contribution in [0.5, 0.6) is 11.5 Å². The normalized spacial score (nSPS) is 10.2. The molecule has 0 saturated heterocycles. The van der Waals surface area contributed by atoms with Crippen molar-refractivity contribution < 1.29 is 20.1 Å². The van der Waals surface area contributed by atoms with Crippen LogP contribution in [0.4, 0.5) is 0 Å². The van der Waals surface area contributed by atoms with Crippen LogP contribution in [0.25, 0.3) is 6.08 Å². The number of rotatable bonds is 4. The van der Waals surface area contributed by atoms with E-state index < -0.39 is 0 Å². The third-order valence-electron chi connectivity index (χ3n) is 2.76. The molecule has 2 aromatic carbocycles. The number of hydrogen-bond donors (Lipinski definition) is 1. The summed E-state index contributed by atoms with van der Waals surface area (Å²) in [5.41, 5.74) is 1.33. The maximum Gasteiger partial charge on any atom is 0.185 e. The Morgan fingerprint density at radius 3 is 2.48 bits per heavy atom. The van der Waals surface area contributed by atoms with Crippen molar-refractivity contribution >= 4 is 23.5 Å². The van der Waals surface area contributed by atoms with Crippen molar-refractivity contribution in [2.45, 2.75) is 0 Å². The van der Waals surface area contributed by atoms with Crippen molar-refractivity contribution in [1.29, 1.82) is 0 Å². The summed E-state index contributed by atoms with van der Waals surface area (Å²) in [4.78, 5) is 11.9. The van der Waals surface area contributed by atoms with Gasteiger partial charge in [-0.2, -0.15) is 0 Å². The molecule has 0 bridgehead atoms. The molecule has 0 aliphatic rings. The van der Waals surface area contributed by atoms with Crippen molar-refractivity contribution in [3.05, 3.63) is 64.7 Å². The van der Waals surface area contributed by atoms with Gasteiger partial charge >= 0.3 is 0 Å². The zero-order valence-electron chi connectivity index (χ0n) is 11.3. The smallest absolute Gasteiger partial charge is 0.185 e. The first-order valence-electron chi connectivity index (χ1n) is 5.95. The van der Waals surface area contributed by atoms with Gasteiger partial charge in [0.05, 0.1) is 7.11 Å². The van der Waals surface area contributed by atoms with Gasteiger partial charge < -0.3 is 15.3 Å². The average Bonchev–Trinajstić information content (AvgIpc) is 2.46. The predicted molar refractivity (Wildman–Crippen MR) is 83.1 cm³/mol. The molecule has 0 fully saturated rings. The van der Waals surface area contributed by atoms with Gasteiger partial charge in [-0.05, 0) is 48.0 Å². The number of methoxy groups -OCH3 is 1. The number of halogens is 1. The Kier molecular flexibility index (Phi) is 5.96. The van der Waals surface area contributed by atoms with E-state index in [1.54, 1.807) is 42.5 Å². The molecule has 0 amide bonds. The van der Waals surface area contributed by atoms with Gasteiger partial charge in [0.2, 0.25) is 0 Å². The summed E-state index contributed by atoms with van der Waals surface area (Å²) in [6, 6.07) is 11.6. The number of aromatic hydroxyl groups is 1. The van der Waals surface area contributed by atoms with Gasteiger partial charge in [0.1, 0.15) is 0 Å². The summed E-state index contributed by atoms with van der Waals surface area (Å²) >= 11 is 5.77. The number of phenols is 1. The Bertz CT molecular complexity index is 648. The van der Waals surface area contributed by atoms with E-state index in [4.69, 9.17) is 16.3 Å². The molecular formula is C16H15ClO4. The highest BCUT2D eigenvalue weighted by Crippen LogP contribution is 2.26. The standard InChI is InChI=1S/C16H13ClO3.H2O/c1-20-16-10-11(3-9-15(16)19)2-8-14(18)12-4-6-13(17)7-5-12;/h2-10,19H,1H3;1H2/b8-2+;. The zero-order chi connectivity index (χ0) is 14.5. The second-order valence-corrected chi connectivity index (χ2v) is 4.57. The minimum Gasteiger partial charge on any atom is -0.504 e. The lowest BCUT2D eigenvalue weighted by Crippen LogP contribution is -1.93. The number of ether oxygens (including phenoxy) is 1. The Balaban J connectivity index is 0.00000220. The molecule has 2 rings (SSSR count). The van der Waals surface area contributed by atoms with Crippen molar-refractivity contribution in [2.75, 3.05) is 7.11 Å². The van der Waals surface area contributed by atoms with Crippen LogP contribution >= 0.6 is 11.6 Å². The van der Waals surface area contributed by atoms with Crippen molar-refractivity contribution in [3.63, 3.8) is 0 Å². The largest absolute Gasteiger partial charge is 0.504 e. The first-order valence-corrected chi connectivity index (χ1v) is 6.33. The fourth-order valence-corrected chi connectivity index (χ4v) is 1.81. The highest BCUT2D eigenvalue weighted by Gasteiger charge is 2.03. The fourth-order valence-electron chi connectivity index (χ4n) is 1.68. The molecule has 0 aliphatic heterocycles. The first-order chi connectivity index (χ1) is 9.60. The van der Waals surface area contributed by atoms with E-state index in [2.05, 4.69) is 0 Å². The molecule has 0 spiro atoms. The second kappa shape index (κ2) is 7.47. The van der Waals surface area contributed by atoms with Crippen LogP contribution in [0, 0.1) is 0 Å². The van der Waals surface area contributed by atoms with Gasteiger partial charge in [0, 0.05) is 10.6 Å². The summed E-state index contributed by atoms with van der Waals surface area (Å²) in [5.74, 6) is 0.313. The molecule has 0 heterocycles. The Morgan fingerprint density at radius 2 is 1.86 bits per heavy atom. The van der Waals surface area contributed by atoms with Gasteiger partial charge in [-0.15, -0.1) is 0 Å². The van der Waals surface area contributed by atoms with E-state index in [0.717, 1.165) is 5.56 Å². The van der Waals surface area contributed by atoms with Gasteiger partial charge in [0.15, 0.2) is 17.3 Å². The number of hydrogen-bond acceptors (Lipinski definition) is 3. The molecule has 4 nitrogen and oxygen atoms in total. The summed E-state index contributed by atoms with van der Waals surface area (Å²) in [6.45, 7) is 0. The summed E-state index contributed by atoms with van der Waals surface area (Å²) in [7, 11) is 1.47. The lowest BCUT2D eigenvalue weighted by Gasteiger charge is -2.03. The van der Waals surface area contributed by atoms with E-state index >= 15 is 0 Å². The average molecular weight is 307 g/mol. The summed E-state index contributed by atoms with van der Waals surface area (Å²) < 4.78 is 5.01. The topological polar surface area (TPSA) is 78.0 Å². The molecule has 5 heteroatoms. The number of phenolic OH excluding ortho intramolecular Hbond substituents is 1. The van der Waals surface area contributed by atoms with E-state index in [0.29, 0.717) is 16.3 Å². The minimum atomic E-state index is -0.117. The summed E-state index contributed by atoms with van der Waals surface area (Å²) in [5, 5.41) is 10.1. The third kappa shape index (κ3) is 4.34. The molecule has 3 N–H and O–H groups in total. The molecule has 0 unspecified atom stereocenters. The van der Waals surface area contributed by atoms with Gasteiger partial charge in [0.25, 0.3) is 0 Å². The predicted octanol–water partition coefficient (Wildman–Crippen LogP) is 3.13. The van der Waals surface area contributed by atoms with Gasteiger partial charge in [-0.1, -0.05) is 23.7 Å². The maximum atomic E-state index is 11.9. The maximum absolute atomic E-state index is 11.9. The van der Waals surface area contributed by atoms with Gasteiger partial charge in [-0.25, -0.2) is 0 Å². The third-order valence-corrected chi connectivity index (χ3v) is 3.01. The van der Waals surface area contributed by atoms with E-state index in [9.17, 15) is 9.90 Å². The van der Waals surface area contributed by atoms with Crippen LogP contribution < -0.4 is 4.74 Å². The van der Waals surface area contributed by atoms with Crippen molar-refractivity contribution in [1.82, 2.24) is 0 Å². The molecule has 21 heavy (non-hydrogen) atoms. The Hall–Kier alpha value is -2.30. The second-order valence-electron chi connectivity index (χ2n) is 4.14. The molecular weight excluding hydrogens is 292 g/mol. The van der Waals surface area contributed by atoms with Gasteiger partial charge in [-0.3, -0.25) is 4.79 Å². The lowest BCUT2D eigenvalue weighted by atomic mass is 10.1. The number of benzene rings is 2. The Morgan fingerprint density at radius 1 is 1.19 bits per heavy atom. The molecule has 0 atom stereocenters. The molecule has 0 aromatic heterocycles. The van der Waals surface area contributed by atoms with Crippen LogP contribution in [0.3, 0.4) is 0 Å². The first kappa shape index (κ1) is 16.8. The van der Waals surface area contributed by atoms with Crippen LogP contribution in [0.2, 0.25) is 5.02 Å². The number of carbonyl (C=O) groups excluding carboxylic acids is 1. The molecule has 0 aliphatic carbocycles. The van der Waals surface area contributed by atoms with Crippen LogP contribution in [-0.4, -0.2) is 23.5 Å². The fraction of sp³-hybridized carbons (Fsp3) is 0.0625. The monoisotopic (exact) mass is 306 g/mol. The van der Waals surface area contributed by atoms with E-state index in [1.807, 2.05) is 0 Å². The Labute approximate surface area is 127 Å². The lowest BCUT2D eigenvalue weighted by molar-refractivity contribution is 0.104. The zero-order valence-corrected chi connectivity index (χ0v) is 12.1. The van der Waals surface area contributed by atoms with Crippen molar-refractivity contribution in [3.8, 4) is 11.5 Å². The van der Waals surface area contributed by atoms with Crippen molar-refractivity contribution in [2.24, 2.45) is 0 Å².